The molecule has 0 bridgehead atoms. The van der Waals surface area contributed by atoms with Crippen LogP contribution in [0, 0.1) is 11.8 Å². The zero-order chi connectivity index (χ0) is 22.9. The molecule has 176 valence electrons. The minimum Gasteiger partial charge on any atom is -0.405 e. The van der Waals surface area contributed by atoms with E-state index in [1.807, 2.05) is 7.05 Å². The van der Waals surface area contributed by atoms with Crippen molar-refractivity contribution in [3.05, 3.63) is 35.6 Å². The first-order valence-corrected chi connectivity index (χ1v) is 11.4. The van der Waals surface area contributed by atoms with Crippen LogP contribution in [-0.2, 0) is 11.3 Å². The number of halogens is 3. The average Bonchev–Trinajstić information content (AvgIpc) is 3.50. The predicted molar refractivity (Wildman–Crippen MR) is 114 cm³/mol. The van der Waals surface area contributed by atoms with Gasteiger partial charge in [0.25, 0.3) is 0 Å². The molecule has 0 spiro atoms. The van der Waals surface area contributed by atoms with Gasteiger partial charge in [0.05, 0.1) is 12.7 Å². The molecule has 2 fully saturated rings. The molecule has 0 saturated heterocycles. The summed E-state index contributed by atoms with van der Waals surface area (Å²) in [6.07, 6.45) is 0.261. The Kier molecular flexibility index (Phi) is 6.81. The Labute approximate surface area is 186 Å². The summed E-state index contributed by atoms with van der Waals surface area (Å²) >= 11 is 0. The van der Waals surface area contributed by atoms with E-state index < -0.39 is 6.36 Å². The summed E-state index contributed by atoms with van der Waals surface area (Å²) in [6, 6.07) is 6.52. The van der Waals surface area contributed by atoms with Crippen molar-refractivity contribution in [1.82, 2.24) is 10.5 Å². The van der Waals surface area contributed by atoms with E-state index >= 15 is 0 Å². The highest BCUT2D eigenvalue weighted by molar-refractivity contribution is 5.70. The summed E-state index contributed by atoms with van der Waals surface area (Å²) in [4.78, 5) is 0. The molecular weight excluding hydrogens is 421 g/mol. The van der Waals surface area contributed by atoms with E-state index in [9.17, 15) is 13.2 Å². The Morgan fingerprint density at radius 3 is 2.59 bits per heavy atom. The first-order chi connectivity index (χ1) is 15.3. The van der Waals surface area contributed by atoms with Crippen LogP contribution in [0.1, 0.15) is 63.2 Å². The molecule has 2 aliphatic rings. The Balaban J connectivity index is 1.57. The molecule has 1 heterocycles. The zero-order valence-corrected chi connectivity index (χ0v) is 18.7. The third-order valence-corrected chi connectivity index (χ3v) is 6.78. The molecule has 0 amide bonds. The highest BCUT2D eigenvalue weighted by atomic mass is 19.4. The molecule has 2 saturated carbocycles. The number of alkyl halides is 3. The fraction of sp³-hybridized carbons (Fsp3) is 0.625. The lowest BCUT2D eigenvalue weighted by molar-refractivity contribution is -0.274. The fourth-order valence-corrected chi connectivity index (χ4v) is 5.10. The first-order valence-electron chi connectivity index (χ1n) is 11.4. The van der Waals surface area contributed by atoms with E-state index in [4.69, 9.17) is 9.26 Å². The predicted octanol–water partition coefficient (Wildman–Crippen LogP) is 6.05. The van der Waals surface area contributed by atoms with Gasteiger partial charge in [-0.05, 0) is 56.7 Å². The lowest BCUT2D eigenvalue weighted by atomic mass is 9.75. The highest BCUT2D eigenvalue weighted by Crippen LogP contribution is 2.46. The van der Waals surface area contributed by atoms with Crippen LogP contribution < -0.4 is 10.1 Å². The van der Waals surface area contributed by atoms with E-state index in [0.717, 1.165) is 43.4 Å². The topological polar surface area (TPSA) is 56.5 Å². The third kappa shape index (κ3) is 5.12. The van der Waals surface area contributed by atoms with Crippen LogP contribution in [0.4, 0.5) is 13.2 Å². The number of aromatic nitrogens is 1. The standard InChI is InChI=1S/C24H31F3N2O3/c1-4-15-12-17(11-14(2)21(15)28-3)30-13-19-22(29-32-23(19)16-9-10-16)18-7-5-6-8-20(18)31-24(25,26)27/h5-8,14-17,21,28H,4,9-13H2,1-3H3. The first kappa shape index (κ1) is 23.1. The Morgan fingerprint density at radius 1 is 1.19 bits per heavy atom. The number of ether oxygens (including phenoxy) is 2. The second-order valence-corrected chi connectivity index (χ2v) is 9.06. The lowest BCUT2D eigenvalue weighted by Crippen LogP contribution is -2.46. The van der Waals surface area contributed by atoms with Crippen LogP contribution in [-0.4, -0.2) is 30.7 Å². The molecule has 8 heteroatoms. The van der Waals surface area contributed by atoms with Crippen LogP contribution in [0.2, 0.25) is 0 Å². The highest BCUT2D eigenvalue weighted by Gasteiger charge is 2.37. The second kappa shape index (κ2) is 9.43. The van der Waals surface area contributed by atoms with Gasteiger partial charge in [0.2, 0.25) is 0 Å². The molecule has 4 atom stereocenters. The molecule has 4 unspecified atom stereocenters. The van der Waals surface area contributed by atoms with Crippen molar-refractivity contribution in [3.63, 3.8) is 0 Å². The summed E-state index contributed by atoms with van der Waals surface area (Å²) in [6.45, 7) is 4.71. The van der Waals surface area contributed by atoms with Gasteiger partial charge in [-0.3, -0.25) is 0 Å². The molecule has 0 aliphatic heterocycles. The number of para-hydroxylation sites is 1. The van der Waals surface area contributed by atoms with Crippen molar-refractivity contribution >= 4 is 0 Å². The van der Waals surface area contributed by atoms with Crippen molar-refractivity contribution in [2.45, 2.75) is 77.0 Å². The van der Waals surface area contributed by atoms with Gasteiger partial charge >= 0.3 is 6.36 Å². The third-order valence-electron chi connectivity index (χ3n) is 6.78. The number of hydrogen-bond donors (Lipinski definition) is 1. The Hall–Kier alpha value is -2.06. The monoisotopic (exact) mass is 452 g/mol. The van der Waals surface area contributed by atoms with Crippen LogP contribution in [0.25, 0.3) is 11.3 Å². The van der Waals surface area contributed by atoms with Crippen LogP contribution in [0.5, 0.6) is 5.75 Å². The number of nitrogens with one attached hydrogen (secondary N) is 1. The van der Waals surface area contributed by atoms with E-state index in [-0.39, 0.29) is 29.9 Å². The van der Waals surface area contributed by atoms with E-state index in [1.165, 1.54) is 12.1 Å². The number of hydrogen-bond acceptors (Lipinski definition) is 5. The van der Waals surface area contributed by atoms with Gasteiger partial charge in [-0.1, -0.05) is 37.6 Å². The average molecular weight is 453 g/mol. The Bertz CT molecular complexity index is 910. The van der Waals surface area contributed by atoms with Gasteiger partial charge < -0.3 is 19.3 Å². The molecule has 5 nitrogen and oxygen atoms in total. The molecule has 2 aliphatic carbocycles. The van der Waals surface area contributed by atoms with Crippen LogP contribution in [0.3, 0.4) is 0 Å². The summed E-state index contributed by atoms with van der Waals surface area (Å²) in [5, 5.41) is 7.61. The molecule has 4 rings (SSSR count). The van der Waals surface area contributed by atoms with Gasteiger partial charge in [0, 0.05) is 23.1 Å². The maximum atomic E-state index is 12.9. The minimum atomic E-state index is -4.78. The molecule has 1 aromatic carbocycles. The molecule has 0 radical (unpaired) electrons. The largest absolute Gasteiger partial charge is 0.573 e. The smallest absolute Gasteiger partial charge is 0.405 e. The summed E-state index contributed by atoms with van der Waals surface area (Å²) in [5.74, 6) is 1.71. The molecule has 2 aromatic rings. The molecular formula is C24H31F3N2O3. The maximum absolute atomic E-state index is 12.9. The summed E-state index contributed by atoms with van der Waals surface area (Å²) in [7, 11) is 2.01. The van der Waals surface area contributed by atoms with Crippen LogP contribution >= 0.6 is 0 Å². The normalized spacial score (nSPS) is 26.3. The molecule has 1 N–H and O–H groups in total. The number of benzene rings is 1. The van der Waals surface area contributed by atoms with Gasteiger partial charge in [-0.15, -0.1) is 13.2 Å². The molecule has 32 heavy (non-hydrogen) atoms. The van der Waals surface area contributed by atoms with Gasteiger partial charge in [0.1, 0.15) is 17.2 Å². The quantitative estimate of drug-likeness (QED) is 0.529. The summed E-state index contributed by atoms with van der Waals surface area (Å²) < 4.78 is 55.1. The van der Waals surface area contributed by atoms with Gasteiger partial charge in [-0.2, -0.15) is 0 Å². The second-order valence-electron chi connectivity index (χ2n) is 9.06. The van der Waals surface area contributed by atoms with Crippen molar-refractivity contribution < 1.29 is 27.2 Å². The van der Waals surface area contributed by atoms with Crippen molar-refractivity contribution in [2.24, 2.45) is 11.8 Å². The number of nitrogens with zero attached hydrogens (tertiary/aromatic N) is 1. The van der Waals surface area contributed by atoms with Gasteiger partial charge in [0.15, 0.2) is 0 Å². The van der Waals surface area contributed by atoms with Crippen molar-refractivity contribution in [2.75, 3.05) is 7.05 Å². The van der Waals surface area contributed by atoms with E-state index in [1.54, 1.807) is 12.1 Å². The van der Waals surface area contributed by atoms with E-state index in [0.29, 0.717) is 23.6 Å². The fourth-order valence-electron chi connectivity index (χ4n) is 5.10. The number of rotatable bonds is 8. The van der Waals surface area contributed by atoms with Crippen LogP contribution in [0.15, 0.2) is 28.8 Å². The van der Waals surface area contributed by atoms with Crippen molar-refractivity contribution in [3.8, 4) is 17.0 Å². The Morgan fingerprint density at radius 2 is 1.94 bits per heavy atom. The van der Waals surface area contributed by atoms with E-state index in [2.05, 4.69) is 29.1 Å². The van der Waals surface area contributed by atoms with Crippen molar-refractivity contribution in [1.29, 1.82) is 0 Å². The SMILES string of the molecule is CCC1CC(OCc2c(-c3ccccc3OC(F)(F)F)noc2C2CC2)CC(C)C1NC. The lowest BCUT2D eigenvalue weighted by Gasteiger charge is -2.40. The minimum absolute atomic E-state index is 0.0935. The molecule has 1 aromatic heterocycles. The maximum Gasteiger partial charge on any atom is 0.573 e. The zero-order valence-electron chi connectivity index (χ0n) is 18.7. The summed E-state index contributed by atoms with van der Waals surface area (Å²) in [5.41, 5.74) is 1.37. The van der Waals surface area contributed by atoms with Gasteiger partial charge in [-0.25, -0.2) is 0 Å².